The number of para-hydroxylation sites is 2. The minimum Gasteiger partial charge on any atom is -0.310 e. The van der Waals surface area contributed by atoms with Crippen molar-refractivity contribution in [2.75, 3.05) is 4.90 Å². The first-order valence-corrected chi connectivity index (χ1v) is 14.4. The van der Waals surface area contributed by atoms with Gasteiger partial charge in [0, 0.05) is 27.8 Å². The van der Waals surface area contributed by atoms with E-state index in [9.17, 15) is 0 Å². The molecule has 0 aliphatic rings. The maximum absolute atomic E-state index is 2.43. The van der Waals surface area contributed by atoms with Crippen LogP contribution in [0.4, 0.5) is 17.1 Å². The van der Waals surface area contributed by atoms with Crippen LogP contribution >= 0.6 is 0 Å². The number of fused-ring (bicyclic) bond motifs is 5. The average molecular weight is 537 g/mol. The SMILES string of the molecule is c1ccc(-c2cccc(-n3c4cccc(N(c5ccccc5)c5ccccc5)c4c4c5ccccc5ccc43)c2)cc1. The van der Waals surface area contributed by atoms with Crippen LogP contribution in [0.15, 0.2) is 170 Å². The zero-order chi connectivity index (χ0) is 27.9. The lowest BCUT2D eigenvalue weighted by molar-refractivity contribution is 1.18. The molecule has 0 spiro atoms. The first kappa shape index (κ1) is 24.2. The smallest absolute Gasteiger partial charge is 0.0562 e. The molecule has 2 heteroatoms. The van der Waals surface area contributed by atoms with Crippen LogP contribution < -0.4 is 4.90 Å². The predicted molar refractivity (Wildman–Crippen MR) is 178 cm³/mol. The Balaban J connectivity index is 1.49. The molecule has 42 heavy (non-hydrogen) atoms. The Kier molecular flexibility index (Phi) is 5.82. The van der Waals surface area contributed by atoms with Crippen LogP contribution in [0.5, 0.6) is 0 Å². The molecular weight excluding hydrogens is 508 g/mol. The van der Waals surface area contributed by atoms with Crippen LogP contribution in [0.3, 0.4) is 0 Å². The van der Waals surface area contributed by atoms with Crippen molar-refractivity contribution in [3.63, 3.8) is 0 Å². The second kappa shape index (κ2) is 10.1. The van der Waals surface area contributed by atoms with Gasteiger partial charge in [0.2, 0.25) is 0 Å². The molecule has 8 aromatic rings. The molecule has 0 radical (unpaired) electrons. The normalized spacial score (nSPS) is 11.3. The molecule has 8 rings (SSSR count). The van der Waals surface area contributed by atoms with Gasteiger partial charge in [-0.3, -0.25) is 0 Å². The van der Waals surface area contributed by atoms with Gasteiger partial charge in [-0.1, -0.05) is 115 Å². The van der Waals surface area contributed by atoms with E-state index < -0.39 is 0 Å². The Bertz CT molecular complexity index is 2140. The first-order chi connectivity index (χ1) is 20.9. The van der Waals surface area contributed by atoms with Crippen molar-refractivity contribution >= 4 is 49.6 Å². The number of benzene rings is 7. The molecule has 0 saturated carbocycles. The largest absolute Gasteiger partial charge is 0.310 e. The molecular formula is C40H28N2. The van der Waals surface area contributed by atoms with Crippen molar-refractivity contribution in [3.8, 4) is 16.8 Å². The van der Waals surface area contributed by atoms with Gasteiger partial charge in [-0.05, 0) is 76.5 Å². The predicted octanol–water partition coefficient (Wildman–Crippen LogP) is 11.1. The topological polar surface area (TPSA) is 8.17 Å². The molecule has 0 aliphatic carbocycles. The van der Waals surface area contributed by atoms with E-state index in [1.54, 1.807) is 0 Å². The zero-order valence-corrected chi connectivity index (χ0v) is 23.1. The Morgan fingerprint density at radius 2 is 1.00 bits per heavy atom. The van der Waals surface area contributed by atoms with Gasteiger partial charge in [-0.2, -0.15) is 0 Å². The van der Waals surface area contributed by atoms with Crippen molar-refractivity contribution in [1.82, 2.24) is 4.57 Å². The molecule has 0 saturated heterocycles. The van der Waals surface area contributed by atoms with E-state index in [0.29, 0.717) is 0 Å². The van der Waals surface area contributed by atoms with Gasteiger partial charge in [0.25, 0.3) is 0 Å². The molecule has 198 valence electrons. The first-order valence-electron chi connectivity index (χ1n) is 14.4. The fourth-order valence-corrected chi connectivity index (χ4v) is 6.31. The highest BCUT2D eigenvalue weighted by Crippen LogP contribution is 2.45. The molecule has 0 atom stereocenters. The maximum atomic E-state index is 2.43. The summed E-state index contributed by atoms with van der Waals surface area (Å²) in [6.45, 7) is 0. The van der Waals surface area contributed by atoms with Crippen LogP contribution in [0, 0.1) is 0 Å². The van der Waals surface area contributed by atoms with Crippen molar-refractivity contribution in [3.05, 3.63) is 170 Å². The molecule has 7 aromatic carbocycles. The molecule has 1 heterocycles. The lowest BCUT2D eigenvalue weighted by Gasteiger charge is -2.26. The van der Waals surface area contributed by atoms with Gasteiger partial charge >= 0.3 is 0 Å². The van der Waals surface area contributed by atoms with E-state index in [0.717, 1.165) is 22.7 Å². The van der Waals surface area contributed by atoms with Gasteiger partial charge in [0.1, 0.15) is 0 Å². The van der Waals surface area contributed by atoms with Crippen LogP contribution in [0.1, 0.15) is 0 Å². The van der Waals surface area contributed by atoms with Crippen molar-refractivity contribution in [2.24, 2.45) is 0 Å². The average Bonchev–Trinajstić information content (AvgIpc) is 3.42. The quantitative estimate of drug-likeness (QED) is 0.212. The summed E-state index contributed by atoms with van der Waals surface area (Å²) in [5, 5.41) is 5.00. The Morgan fingerprint density at radius 1 is 0.405 bits per heavy atom. The van der Waals surface area contributed by atoms with Crippen LogP contribution in [0.2, 0.25) is 0 Å². The highest BCUT2D eigenvalue weighted by atomic mass is 15.1. The molecule has 0 aliphatic heterocycles. The van der Waals surface area contributed by atoms with Gasteiger partial charge in [-0.15, -0.1) is 0 Å². The lowest BCUT2D eigenvalue weighted by Crippen LogP contribution is -2.10. The monoisotopic (exact) mass is 536 g/mol. The highest BCUT2D eigenvalue weighted by molar-refractivity contribution is 6.25. The summed E-state index contributed by atoms with van der Waals surface area (Å²) in [5.41, 5.74) is 9.36. The zero-order valence-electron chi connectivity index (χ0n) is 23.1. The van der Waals surface area contributed by atoms with E-state index in [-0.39, 0.29) is 0 Å². The molecule has 1 aromatic heterocycles. The maximum Gasteiger partial charge on any atom is 0.0562 e. The van der Waals surface area contributed by atoms with Crippen LogP contribution in [0.25, 0.3) is 49.4 Å². The number of anilines is 3. The Labute approximate surface area is 245 Å². The highest BCUT2D eigenvalue weighted by Gasteiger charge is 2.22. The van der Waals surface area contributed by atoms with E-state index in [1.807, 2.05) is 0 Å². The Hall–Kier alpha value is -5.60. The summed E-state index contributed by atoms with van der Waals surface area (Å²) in [7, 11) is 0. The van der Waals surface area contributed by atoms with Crippen molar-refractivity contribution in [2.45, 2.75) is 0 Å². The number of rotatable bonds is 5. The molecule has 0 bridgehead atoms. The molecule has 2 nitrogen and oxygen atoms in total. The summed E-state index contributed by atoms with van der Waals surface area (Å²) in [4.78, 5) is 2.38. The van der Waals surface area contributed by atoms with E-state index in [1.165, 1.54) is 43.7 Å². The summed E-state index contributed by atoms with van der Waals surface area (Å²) < 4.78 is 2.43. The van der Waals surface area contributed by atoms with E-state index >= 15 is 0 Å². The summed E-state index contributed by atoms with van der Waals surface area (Å²) >= 11 is 0. The molecule has 0 fully saturated rings. The number of hydrogen-bond donors (Lipinski definition) is 0. The third kappa shape index (κ3) is 3.96. The standard InChI is InChI=1S/C40H28N2/c1-4-14-29(15-5-1)31-17-12-22-34(28-31)42-37-25-13-24-36(40(37)39-35-23-11-10-16-30(35)26-27-38(39)42)41(32-18-6-2-7-19-32)33-20-8-3-9-21-33/h1-28H. The number of hydrogen-bond acceptors (Lipinski definition) is 1. The fourth-order valence-electron chi connectivity index (χ4n) is 6.31. The van der Waals surface area contributed by atoms with Gasteiger partial charge < -0.3 is 9.47 Å². The van der Waals surface area contributed by atoms with Crippen LogP contribution in [-0.2, 0) is 0 Å². The second-order valence-electron chi connectivity index (χ2n) is 10.6. The van der Waals surface area contributed by atoms with E-state index in [2.05, 4.69) is 179 Å². The molecule has 0 unspecified atom stereocenters. The summed E-state index contributed by atoms with van der Waals surface area (Å²) in [6, 6.07) is 60.8. The van der Waals surface area contributed by atoms with Gasteiger partial charge in [-0.25, -0.2) is 0 Å². The number of nitrogens with zero attached hydrogens (tertiary/aromatic N) is 2. The van der Waals surface area contributed by atoms with Gasteiger partial charge in [0.05, 0.1) is 16.7 Å². The van der Waals surface area contributed by atoms with E-state index in [4.69, 9.17) is 0 Å². The third-order valence-electron chi connectivity index (χ3n) is 8.14. The van der Waals surface area contributed by atoms with Gasteiger partial charge in [0.15, 0.2) is 0 Å². The summed E-state index contributed by atoms with van der Waals surface area (Å²) in [5.74, 6) is 0. The fraction of sp³-hybridized carbons (Fsp3) is 0. The van der Waals surface area contributed by atoms with Crippen LogP contribution in [-0.4, -0.2) is 4.57 Å². The summed E-state index contributed by atoms with van der Waals surface area (Å²) in [6.07, 6.45) is 0. The molecule has 0 amide bonds. The Morgan fingerprint density at radius 3 is 1.74 bits per heavy atom. The minimum absolute atomic E-state index is 1.13. The number of aromatic nitrogens is 1. The van der Waals surface area contributed by atoms with Crippen molar-refractivity contribution < 1.29 is 0 Å². The third-order valence-corrected chi connectivity index (χ3v) is 8.14. The van der Waals surface area contributed by atoms with Crippen molar-refractivity contribution in [1.29, 1.82) is 0 Å². The second-order valence-corrected chi connectivity index (χ2v) is 10.6. The molecule has 0 N–H and O–H groups in total. The lowest BCUT2D eigenvalue weighted by atomic mass is 10.0. The minimum atomic E-state index is 1.13.